The quantitative estimate of drug-likeness (QED) is 0.693. The molecular weight excluding hydrogens is 278 g/mol. The summed E-state index contributed by atoms with van der Waals surface area (Å²) < 4.78 is 0.884. The van der Waals surface area contributed by atoms with Crippen molar-refractivity contribution in [2.45, 2.75) is 0 Å². The Kier molecular flexibility index (Phi) is 4.93. The van der Waals surface area contributed by atoms with Gasteiger partial charge in [-0.05, 0) is 28.1 Å². The number of nitrogens with one attached hydrogen (secondary N) is 2. The molecule has 16 heavy (non-hydrogen) atoms. The fraction of sp³-hybridized carbons (Fsp3) is 0. The molecule has 0 saturated heterocycles. The maximum absolute atomic E-state index is 9.87. The molecule has 0 aliphatic carbocycles. The minimum absolute atomic E-state index is 0.197. The van der Waals surface area contributed by atoms with Gasteiger partial charge in [0.15, 0.2) is 5.82 Å². The van der Waals surface area contributed by atoms with Crippen molar-refractivity contribution in [1.82, 2.24) is 20.4 Å². The van der Waals surface area contributed by atoms with Gasteiger partial charge in [-0.25, -0.2) is 9.78 Å². The number of aromatic nitrogens is 4. The molecule has 8 heteroatoms. The summed E-state index contributed by atoms with van der Waals surface area (Å²) in [5, 5.41) is 19.1. The summed E-state index contributed by atoms with van der Waals surface area (Å²) in [4.78, 5) is 13.8. The Labute approximate surface area is 99.0 Å². The first-order valence-corrected chi connectivity index (χ1v) is 4.90. The minimum Gasteiger partial charge on any atom is -0.465 e. The molecule has 7 nitrogen and oxygen atoms in total. The van der Waals surface area contributed by atoms with Crippen LogP contribution in [0.1, 0.15) is 0 Å². The lowest BCUT2D eigenvalue weighted by Gasteiger charge is -1.88. The first kappa shape index (κ1) is 12.1. The van der Waals surface area contributed by atoms with Crippen molar-refractivity contribution in [3.63, 3.8) is 0 Å². The van der Waals surface area contributed by atoms with Gasteiger partial charge in [-0.2, -0.15) is 0 Å². The van der Waals surface area contributed by atoms with Crippen LogP contribution in [0.25, 0.3) is 0 Å². The molecule has 0 unspecified atom stereocenters. The molecule has 0 aliphatic rings. The van der Waals surface area contributed by atoms with Gasteiger partial charge in [0, 0.05) is 6.20 Å². The van der Waals surface area contributed by atoms with Crippen molar-refractivity contribution >= 4 is 27.8 Å². The number of amides is 1. The average molecular weight is 286 g/mol. The number of aromatic amines is 1. The van der Waals surface area contributed by atoms with Crippen LogP contribution in [0.15, 0.2) is 35.2 Å². The molecular formula is C8H8BrN5O2. The molecule has 0 saturated carbocycles. The summed E-state index contributed by atoms with van der Waals surface area (Å²) in [6.45, 7) is 0. The Morgan fingerprint density at radius 1 is 1.50 bits per heavy atom. The summed E-state index contributed by atoms with van der Waals surface area (Å²) in [5.74, 6) is 0.197. The largest absolute Gasteiger partial charge is 0.465 e. The fourth-order valence-corrected chi connectivity index (χ4v) is 0.985. The molecule has 1 amide bonds. The lowest BCUT2D eigenvalue weighted by Crippen LogP contribution is -2.07. The van der Waals surface area contributed by atoms with Crippen molar-refractivity contribution in [2.24, 2.45) is 0 Å². The third-order valence-corrected chi connectivity index (χ3v) is 1.75. The predicted molar refractivity (Wildman–Crippen MR) is 60.0 cm³/mol. The van der Waals surface area contributed by atoms with Crippen LogP contribution < -0.4 is 5.32 Å². The van der Waals surface area contributed by atoms with Crippen LogP contribution >= 0.6 is 15.9 Å². The van der Waals surface area contributed by atoms with Crippen LogP contribution in [-0.4, -0.2) is 31.6 Å². The van der Waals surface area contributed by atoms with E-state index in [9.17, 15) is 4.79 Å². The van der Waals surface area contributed by atoms with Gasteiger partial charge < -0.3 is 5.11 Å². The van der Waals surface area contributed by atoms with Gasteiger partial charge in [-0.1, -0.05) is 11.3 Å². The lowest BCUT2D eigenvalue weighted by molar-refractivity contribution is 0.209. The molecule has 0 spiro atoms. The first-order chi connectivity index (χ1) is 7.68. The Hall–Kier alpha value is -1.96. The summed E-state index contributed by atoms with van der Waals surface area (Å²) in [6.07, 6.45) is 1.93. The third-order valence-electron chi connectivity index (χ3n) is 1.28. The topological polar surface area (TPSA) is 104 Å². The van der Waals surface area contributed by atoms with Gasteiger partial charge in [0.05, 0.1) is 6.20 Å². The van der Waals surface area contributed by atoms with E-state index in [1.54, 1.807) is 6.20 Å². The number of pyridine rings is 1. The first-order valence-electron chi connectivity index (χ1n) is 4.11. The maximum atomic E-state index is 9.87. The highest BCUT2D eigenvalue weighted by atomic mass is 79.9. The van der Waals surface area contributed by atoms with Gasteiger partial charge in [-0.3, -0.25) is 10.4 Å². The molecule has 2 rings (SSSR count). The second-order valence-electron chi connectivity index (χ2n) is 2.44. The van der Waals surface area contributed by atoms with Crippen LogP contribution in [0.2, 0.25) is 0 Å². The van der Waals surface area contributed by atoms with E-state index in [0.717, 1.165) is 4.60 Å². The second kappa shape index (κ2) is 6.51. The zero-order chi connectivity index (χ0) is 11.8. The molecule has 0 aromatic carbocycles. The number of H-pyrrole nitrogens is 1. The number of hydrogen-bond acceptors (Lipinski definition) is 4. The lowest BCUT2D eigenvalue weighted by atomic mass is 10.5. The van der Waals surface area contributed by atoms with Crippen LogP contribution in [0.4, 0.5) is 10.6 Å². The minimum atomic E-state index is -1.15. The summed E-state index contributed by atoms with van der Waals surface area (Å²) in [6, 6.07) is 5.70. The number of carbonyl (C=O) groups is 1. The molecule has 3 N–H and O–H groups in total. The number of rotatable bonds is 1. The van der Waals surface area contributed by atoms with Gasteiger partial charge in [0.2, 0.25) is 0 Å². The van der Waals surface area contributed by atoms with E-state index < -0.39 is 6.09 Å². The number of carboxylic acid groups (broad SMARTS) is 1. The average Bonchev–Trinajstić information content (AvgIpc) is 2.71. The van der Waals surface area contributed by atoms with Gasteiger partial charge in [-0.15, -0.1) is 5.10 Å². The molecule has 0 bridgehead atoms. The molecule has 2 aromatic rings. The Morgan fingerprint density at radius 2 is 2.31 bits per heavy atom. The van der Waals surface area contributed by atoms with Crippen LogP contribution in [0, 0.1) is 0 Å². The highest BCUT2D eigenvalue weighted by molar-refractivity contribution is 9.10. The highest BCUT2D eigenvalue weighted by Gasteiger charge is 1.97. The van der Waals surface area contributed by atoms with Crippen LogP contribution in [0.3, 0.4) is 0 Å². The molecule has 84 valence electrons. The normalized spacial score (nSPS) is 8.81. The monoisotopic (exact) mass is 285 g/mol. The molecule has 0 atom stereocenters. The van der Waals surface area contributed by atoms with Crippen molar-refractivity contribution in [3.05, 3.63) is 35.2 Å². The van der Waals surface area contributed by atoms with Crippen molar-refractivity contribution in [2.75, 3.05) is 5.32 Å². The summed E-state index contributed by atoms with van der Waals surface area (Å²) in [5.41, 5.74) is 0. The number of hydrogen-bond donors (Lipinski definition) is 3. The zero-order valence-corrected chi connectivity index (χ0v) is 9.55. The summed E-state index contributed by atoms with van der Waals surface area (Å²) in [7, 11) is 0. The maximum Gasteiger partial charge on any atom is 0.410 e. The number of halogens is 1. The summed E-state index contributed by atoms with van der Waals surface area (Å²) >= 11 is 3.20. The molecule has 0 fully saturated rings. The molecule has 2 aromatic heterocycles. The fourth-order valence-electron chi connectivity index (χ4n) is 0.714. The molecule has 0 radical (unpaired) electrons. The van der Waals surface area contributed by atoms with E-state index in [0.29, 0.717) is 0 Å². The van der Waals surface area contributed by atoms with E-state index in [2.05, 4.69) is 36.3 Å². The van der Waals surface area contributed by atoms with E-state index in [1.807, 2.05) is 23.5 Å². The van der Waals surface area contributed by atoms with E-state index in [-0.39, 0.29) is 5.82 Å². The predicted octanol–water partition coefficient (Wildman–Crippen LogP) is 1.74. The zero-order valence-electron chi connectivity index (χ0n) is 7.96. The van der Waals surface area contributed by atoms with Crippen molar-refractivity contribution in [1.29, 1.82) is 0 Å². The highest BCUT2D eigenvalue weighted by Crippen LogP contribution is 2.00. The molecule has 2 heterocycles. The Bertz CT molecular complexity index is 419. The Morgan fingerprint density at radius 3 is 2.69 bits per heavy atom. The van der Waals surface area contributed by atoms with Gasteiger partial charge in [0.25, 0.3) is 0 Å². The standard InChI is InChI=1S/C5H4BrN.C3H4N4O2/c6-5-3-1-2-4-7-5;8-3(9)5-2-1-4-7-6-2/h1-4H;1H,(H,8,9)(H2,4,5,6,7). The number of nitrogens with zero attached hydrogens (tertiary/aromatic N) is 3. The number of anilines is 1. The third kappa shape index (κ3) is 5.05. The van der Waals surface area contributed by atoms with E-state index in [4.69, 9.17) is 5.11 Å². The SMILES string of the molecule is Brc1ccccn1.O=C(O)Nc1c[nH]nn1. The van der Waals surface area contributed by atoms with Crippen LogP contribution in [-0.2, 0) is 0 Å². The van der Waals surface area contributed by atoms with E-state index in [1.165, 1.54) is 6.20 Å². The van der Waals surface area contributed by atoms with E-state index >= 15 is 0 Å². The smallest absolute Gasteiger partial charge is 0.410 e. The van der Waals surface area contributed by atoms with Crippen LogP contribution in [0.5, 0.6) is 0 Å². The Balaban J connectivity index is 0.000000165. The van der Waals surface area contributed by atoms with Crippen molar-refractivity contribution < 1.29 is 9.90 Å². The molecule has 0 aliphatic heterocycles. The second-order valence-corrected chi connectivity index (χ2v) is 3.25. The van der Waals surface area contributed by atoms with Gasteiger partial charge >= 0.3 is 6.09 Å². The van der Waals surface area contributed by atoms with Gasteiger partial charge in [0.1, 0.15) is 4.60 Å². The van der Waals surface area contributed by atoms with Crippen molar-refractivity contribution in [3.8, 4) is 0 Å².